The molecule has 1 aliphatic rings. The first-order chi connectivity index (χ1) is 8.61. The van der Waals surface area contributed by atoms with Crippen molar-refractivity contribution in [2.75, 3.05) is 19.6 Å². The van der Waals surface area contributed by atoms with Gasteiger partial charge >= 0.3 is 0 Å². The van der Waals surface area contributed by atoms with Crippen LogP contribution in [0, 0.1) is 0 Å². The molecule has 1 rings (SSSR count). The van der Waals surface area contributed by atoms with E-state index in [0.29, 0.717) is 13.1 Å². The van der Waals surface area contributed by atoms with Crippen LogP contribution < -0.4 is 10.6 Å². The maximum absolute atomic E-state index is 12.2. The number of hydrogen-bond donors (Lipinski definition) is 2. The van der Waals surface area contributed by atoms with Crippen molar-refractivity contribution in [3.05, 3.63) is 0 Å². The molecule has 18 heavy (non-hydrogen) atoms. The predicted molar refractivity (Wildman–Crippen MR) is 71.2 cm³/mol. The summed E-state index contributed by atoms with van der Waals surface area (Å²) in [7, 11) is 0. The van der Waals surface area contributed by atoms with Gasteiger partial charge in [-0.3, -0.25) is 9.59 Å². The number of likely N-dealkylation sites (tertiary alicyclic amines) is 1. The molecule has 0 radical (unpaired) electrons. The summed E-state index contributed by atoms with van der Waals surface area (Å²) in [6, 6.07) is -0.490. The van der Waals surface area contributed by atoms with Gasteiger partial charge in [-0.25, -0.2) is 0 Å². The number of nitrogens with one attached hydrogen (secondary N) is 2. The van der Waals surface area contributed by atoms with Crippen LogP contribution in [0.15, 0.2) is 0 Å². The van der Waals surface area contributed by atoms with Crippen molar-refractivity contribution in [3.63, 3.8) is 0 Å². The topological polar surface area (TPSA) is 61.4 Å². The van der Waals surface area contributed by atoms with Crippen molar-refractivity contribution < 1.29 is 9.59 Å². The molecule has 0 spiro atoms. The molecular weight excluding hydrogens is 230 g/mol. The minimum atomic E-state index is -0.370. The van der Waals surface area contributed by atoms with Gasteiger partial charge in [0.1, 0.15) is 6.04 Å². The van der Waals surface area contributed by atoms with Crippen LogP contribution in [0.5, 0.6) is 0 Å². The van der Waals surface area contributed by atoms with Crippen molar-refractivity contribution in [2.24, 2.45) is 0 Å². The SMILES string of the molecule is CCCNC(=O)C(C)N1CCCC(NCC)C1=O. The number of rotatable bonds is 6. The van der Waals surface area contributed by atoms with Crippen molar-refractivity contribution in [1.29, 1.82) is 0 Å². The van der Waals surface area contributed by atoms with Gasteiger partial charge in [0.2, 0.25) is 11.8 Å². The van der Waals surface area contributed by atoms with Gasteiger partial charge in [0.15, 0.2) is 0 Å². The third kappa shape index (κ3) is 3.70. The van der Waals surface area contributed by atoms with Gasteiger partial charge in [-0.05, 0) is 32.7 Å². The number of carbonyl (C=O) groups excluding carboxylic acids is 2. The Labute approximate surface area is 109 Å². The third-order valence-corrected chi connectivity index (χ3v) is 3.32. The minimum Gasteiger partial charge on any atom is -0.354 e. The van der Waals surface area contributed by atoms with Gasteiger partial charge in [0.05, 0.1) is 6.04 Å². The lowest BCUT2D eigenvalue weighted by Gasteiger charge is -2.36. The quantitative estimate of drug-likeness (QED) is 0.726. The number of hydrogen-bond acceptors (Lipinski definition) is 3. The molecule has 2 N–H and O–H groups in total. The van der Waals surface area contributed by atoms with Crippen LogP contribution in [0.2, 0.25) is 0 Å². The van der Waals surface area contributed by atoms with Gasteiger partial charge in [-0.1, -0.05) is 13.8 Å². The van der Waals surface area contributed by atoms with E-state index in [1.54, 1.807) is 11.8 Å². The summed E-state index contributed by atoms with van der Waals surface area (Å²) < 4.78 is 0. The Bertz CT molecular complexity index is 292. The Morgan fingerprint density at radius 1 is 1.50 bits per heavy atom. The van der Waals surface area contributed by atoms with E-state index < -0.39 is 0 Å². The Hall–Kier alpha value is -1.10. The average Bonchev–Trinajstić information content (AvgIpc) is 2.38. The summed E-state index contributed by atoms with van der Waals surface area (Å²) in [6.45, 7) is 7.93. The first kappa shape index (κ1) is 15.0. The molecule has 0 saturated carbocycles. The average molecular weight is 255 g/mol. The summed E-state index contributed by atoms with van der Waals surface area (Å²) in [6.07, 6.45) is 2.73. The number of piperidine rings is 1. The molecule has 1 fully saturated rings. The molecule has 1 aliphatic heterocycles. The molecule has 0 bridgehead atoms. The fourth-order valence-corrected chi connectivity index (χ4v) is 2.26. The smallest absolute Gasteiger partial charge is 0.242 e. The van der Waals surface area contributed by atoms with E-state index in [0.717, 1.165) is 25.8 Å². The van der Waals surface area contributed by atoms with E-state index in [9.17, 15) is 9.59 Å². The highest BCUT2D eigenvalue weighted by Crippen LogP contribution is 2.14. The van der Waals surface area contributed by atoms with Crippen LogP contribution in [0.25, 0.3) is 0 Å². The fourth-order valence-electron chi connectivity index (χ4n) is 2.26. The molecule has 5 heteroatoms. The molecule has 0 aromatic heterocycles. The molecule has 1 saturated heterocycles. The van der Waals surface area contributed by atoms with Gasteiger partial charge in [0, 0.05) is 13.1 Å². The van der Waals surface area contributed by atoms with E-state index in [2.05, 4.69) is 10.6 Å². The normalized spacial score (nSPS) is 21.8. The first-order valence-electron chi connectivity index (χ1n) is 6.93. The summed E-state index contributed by atoms with van der Waals surface area (Å²) in [4.78, 5) is 25.8. The molecule has 104 valence electrons. The summed E-state index contributed by atoms with van der Waals surface area (Å²) in [5, 5.41) is 6.02. The zero-order valence-corrected chi connectivity index (χ0v) is 11.7. The van der Waals surface area contributed by atoms with E-state index in [1.807, 2.05) is 13.8 Å². The zero-order chi connectivity index (χ0) is 13.5. The number of amides is 2. The Balaban J connectivity index is 2.58. The van der Waals surface area contributed by atoms with E-state index >= 15 is 0 Å². The van der Waals surface area contributed by atoms with Crippen LogP contribution in [-0.4, -0.2) is 48.4 Å². The van der Waals surface area contributed by atoms with Gasteiger partial charge in [-0.2, -0.15) is 0 Å². The van der Waals surface area contributed by atoms with Crippen molar-refractivity contribution in [1.82, 2.24) is 15.5 Å². The van der Waals surface area contributed by atoms with Crippen LogP contribution in [0.4, 0.5) is 0 Å². The van der Waals surface area contributed by atoms with E-state index in [4.69, 9.17) is 0 Å². The molecule has 2 unspecified atom stereocenters. The monoisotopic (exact) mass is 255 g/mol. The second-order valence-electron chi connectivity index (χ2n) is 4.75. The number of carbonyl (C=O) groups is 2. The zero-order valence-electron chi connectivity index (χ0n) is 11.7. The van der Waals surface area contributed by atoms with Crippen molar-refractivity contribution >= 4 is 11.8 Å². The highest BCUT2D eigenvalue weighted by Gasteiger charge is 2.33. The summed E-state index contributed by atoms with van der Waals surface area (Å²) in [5.41, 5.74) is 0. The van der Waals surface area contributed by atoms with Crippen LogP contribution in [0.1, 0.15) is 40.0 Å². The van der Waals surface area contributed by atoms with Crippen molar-refractivity contribution in [3.8, 4) is 0 Å². The maximum atomic E-state index is 12.2. The van der Waals surface area contributed by atoms with Crippen LogP contribution in [0.3, 0.4) is 0 Å². The fraction of sp³-hybridized carbons (Fsp3) is 0.846. The molecule has 2 atom stereocenters. The Kier molecular flexibility index (Phi) is 6.12. The summed E-state index contributed by atoms with van der Waals surface area (Å²) >= 11 is 0. The number of nitrogens with zero attached hydrogens (tertiary/aromatic N) is 1. The van der Waals surface area contributed by atoms with Crippen LogP contribution >= 0.6 is 0 Å². The third-order valence-electron chi connectivity index (χ3n) is 3.32. The maximum Gasteiger partial charge on any atom is 0.242 e. The highest BCUT2D eigenvalue weighted by atomic mass is 16.2. The summed E-state index contributed by atoms with van der Waals surface area (Å²) in [5.74, 6) is 0.00426. The van der Waals surface area contributed by atoms with Crippen LogP contribution in [-0.2, 0) is 9.59 Å². The van der Waals surface area contributed by atoms with Gasteiger partial charge in [-0.15, -0.1) is 0 Å². The largest absolute Gasteiger partial charge is 0.354 e. The molecular formula is C13H25N3O2. The molecule has 0 aliphatic carbocycles. The van der Waals surface area contributed by atoms with Crippen molar-refractivity contribution in [2.45, 2.75) is 52.1 Å². The van der Waals surface area contributed by atoms with E-state index in [-0.39, 0.29) is 23.9 Å². The van der Waals surface area contributed by atoms with E-state index in [1.165, 1.54) is 0 Å². The Morgan fingerprint density at radius 2 is 2.22 bits per heavy atom. The van der Waals surface area contributed by atoms with Gasteiger partial charge in [0.25, 0.3) is 0 Å². The highest BCUT2D eigenvalue weighted by molar-refractivity contribution is 5.90. The lowest BCUT2D eigenvalue weighted by molar-refractivity contribution is -0.143. The predicted octanol–water partition coefficient (Wildman–Crippen LogP) is 0.502. The lowest BCUT2D eigenvalue weighted by Crippen LogP contribution is -2.57. The second-order valence-corrected chi connectivity index (χ2v) is 4.75. The minimum absolute atomic E-state index is 0.0534. The molecule has 1 heterocycles. The Morgan fingerprint density at radius 3 is 2.83 bits per heavy atom. The number of likely N-dealkylation sites (N-methyl/N-ethyl adjacent to an activating group) is 1. The van der Waals surface area contributed by atoms with Gasteiger partial charge < -0.3 is 15.5 Å². The molecule has 5 nitrogen and oxygen atoms in total. The standard InChI is InChI=1S/C13H25N3O2/c1-4-8-15-12(17)10(3)16-9-6-7-11(13(16)18)14-5-2/h10-11,14H,4-9H2,1-3H3,(H,15,17). The first-order valence-corrected chi connectivity index (χ1v) is 6.93. The second kappa shape index (κ2) is 7.36. The lowest BCUT2D eigenvalue weighted by atomic mass is 10.0. The molecule has 0 aromatic rings. The molecule has 2 amide bonds. The molecule has 0 aromatic carbocycles.